The van der Waals surface area contributed by atoms with Gasteiger partial charge in [0.25, 0.3) is 0 Å². The zero-order valence-corrected chi connectivity index (χ0v) is 17.6. The third-order valence-electron chi connectivity index (χ3n) is 5.75. The van der Waals surface area contributed by atoms with Gasteiger partial charge >= 0.3 is 0 Å². The van der Waals surface area contributed by atoms with Gasteiger partial charge in [0.05, 0.1) is 0 Å². The summed E-state index contributed by atoms with van der Waals surface area (Å²) < 4.78 is 0. The zero-order chi connectivity index (χ0) is 19.6. The molecule has 1 saturated heterocycles. The molecule has 2 nitrogen and oxygen atoms in total. The number of halogens is 1. The van der Waals surface area contributed by atoms with Crippen molar-refractivity contribution < 1.29 is 4.79 Å². The van der Waals surface area contributed by atoms with Gasteiger partial charge in [0.1, 0.15) is 0 Å². The lowest BCUT2D eigenvalue weighted by Crippen LogP contribution is -2.30. The lowest BCUT2D eigenvalue weighted by atomic mass is 9.97. The van der Waals surface area contributed by atoms with E-state index in [4.69, 9.17) is 11.6 Å². The number of likely N-dealkylation sites (tertiary alicyclic amines) is 1. The van der Waals surface area contributed by atoms with Gasteiger partial charge in [-0.15, -0.1) is 0 Å². The maximum atomic E-state index is 12.3. The van der Waals surface area contributed by atoms with Crippen molar-refractivity contribution in [3.05, 3.63) is 70.2 Å². The van der Waals surface area contributed by atoms with Gasteiger partial charge in [-0.05, 0) is 100.0 Å². The summed E-state index contributed by atoms with van der Waals surface area (Å²) >= 11 is 5.89. The molecule has 0 unspecified atom stereocenters. The number of nitrogens with zero attached hydrogens (tertiary/aromatic N) is 1. The molecule has 2 aromatic carbocycles. The van der Waals surface area contributed by atoms with E-state index >= 15 is 0 Å². The van der Waals surface area contributed by atoms with Gasteiger partial charge in [0.2, 0.25) is 0 Å². The van der Waals surface area contributed by atoms with E-state index in [0.717, 1.165) is 31.2 Å². The van der Waals surface area contributed by atoms with Crippen molar-refractivity contribution in [3.63, 3.8) is 0 Å². The Kier molecular flexibility index (Phi) is 8.57. The first kappa shape index (κ1) is 21.1. The van der Waals surface area contributed by atoms with E-state index < -0.39 is 0 Å². The van der Waals surface area contributed by atoms with Crippen molar-refractivity contribution in [2.75, 3.05) is 19.6 Å². The molecule has 1 aliphatic rings. The van der Waals surface area contributed by atoms with Gasteiger partial charge in [-0.2, -0.15) is 0 Å². The molecule has 0 aromatic heterocycles. The summed E-state index contributed by atoms with van der Waals surface area (Å²) in [5.41, 5.74) is 3.71. The molecule has 1 aliphatic heterocycles. The number of carbonyl (C=O) groups is 1. The van der Waals surface area contributed by atoms with Gasteiger partial charge < -0.3 is 4.90 Å². The third kappa shape index (κ3) is 6.76. The van der Waals surface area contributed by atoms with E-state index in [-0.39, 0.29) is 5.78 Å². The van der Waals surface area contributed by atoms with Gasteiger partial charge in [-0.3, -0.25) is 4.79 Å². The van der Waals surface area contributed by atoms with Gasteiger partial charge in [0, 0.05) is 17.0 Å². The summed E-state index contributed by atoms with van der Waals surface area (Å²) in [6, 6.07) is 16.1. The van der Waals surface area contributed by atoms with Gasteiger partial charge in [-0.25, -0.2) is 0 Å². The van der Waals surface area contributed by atoms with E-state index in [9.17, 15) is 4.79 Å². The molecule has 0 atom stereocenters. The molecule has 3 rings (SSSR count). The van der Waals surface area contributed by atoms with Crippen LogP contribution in [0, 0.1) is 0 Å². The monoisotopic (exact) mass is 397 g/mol. The van der Waals surface area contributed by atoms with Crippen LogP contribution in [0.5, 0.6) is 0 Å². The van der Waals surface area contributed by atoms with Crippen LogP contribution >= 0.6 is 11.6 Å². The summed E-state index contributed by atoms with van der Waals surface area (Å²) in [7, 11) is 0. The molecule has 0 spiro atoms. The molecule has 2 aromatic rings. The van der Waals surface area contributed by atoms with Crippen LogP contribution in [0.25, 0.3) is 0 Å². The fourth-order valence-corrected chi connectivity index (χ4v) is 4.23. The van der Waals surface area contributed by atoms with Crippen LogP contribution in [-0.4, -0.2) is 30.3 Å². The molecule has 3 heteroatoms. The SMILES string of the molecule is O=C(CCCCc1ccccc1CCCN1CCCCC1)c1ccc(Cl)cc1. The molecule has 0 saturated carbocycles. The lowest BCUT2D eigenvalue weighted by molar-refractivity contribution is 0.0979. The minimum Gasteiger partial charge on any atom is -0.303 e. The van der Waals surface area contributed by atoms with Crippen LogP contribution in [-0.2, 0) is 12.8 Å². The second kappa shape index (κ2) is 11.4. The van der Waals surface area contributed by atoms with E-state index in [0.29, 0.717) is 11.4 Å². The van der Waals surface area contributed by atoms with Crippen LogP contribution in [0.4, 0.5) is 0 Å². The van der Waals surface area contributed by atoms with Crippen LogP contribution in [0.1, 0.15) is 66.4 Å². The predicted octanol–water partition coefficient (Wildman–Crippen LogP) is 6.35. The summed E-state index contributed by atoms with van der Waals surface area (Å²) in [5.74, 6) is 0.214. The molecule has 0 N–H and O–H groups in total. The summed E-state index contributed by atoms with van der Waals surface area (Å²) in [6.07, 6.45) is 10.2. The number of ketones is 1. The normalized spacial score (nSPS) is 14.9. The highest BCUT2D eigenvalue weighted by atomic mass is 35.5. The van der Waals surface area contributed by atoms with E-state index in [1.54, 1.807) is 12.1 Å². The molecule has 0 bridgehead atoms. The Balaban J connectivity index is 1.40. The average molecular weight is 398 g/mol. The number of benzene rings is 2. The largest absolute Gasteiger partial charge is 0.303 e. The van der Waals surface area contributed by atoms with Crippen LogP contribution in [0.15, 0.2) is 48.5 Å². The Bertz CT molecular complexity index is 734. The minimum absolute atomic E-state index is 0.214. The van der Waals surface area contributed by atoms with Crippen LogP contribution < -0.4 is 0 Å². The van der Waals surface area contributed by atoms with Gasteiger partial charge in [0.15, 0.2) is 5.78 Å². The Morgan fingerprint density at radius 3 is 2.14 bits per heavy atom. The molecule has 1 fully saturated rings. The maximum Gasteiger partial charge on any atom is 0.162 e. The fourth-order valence-electron chi connectivity index (χ4n) is 4.10. The van der Waals surface area contributed by atoms with Crippen molar-refractivity contribution >= 4 is 17.4 Å². The van der Waals surface area contributed by atoms with Crippen LogP contribution in [0.3, 0.4) is 0 Å². The minimum atomic E-state index is 0.214. The highest BCUT2D eigenvalue weighted by Gasteiger charge is 2.10. The van der Waals surface area contributed by atoms with E-state index in [1.807, 2.05) is 12.1 Å². The topological polar surface area (TPSA) is 20.3 Å². The van der Waals surface area contributed by atoms with E-state index in [1.165, 1.54) is 56.4 Å². The number of hydrogen-bond acceptors (Lipinski definition) is 2. The molecule has 1 heterocycles. The Morgan fingerprint density at radius 1 is 0.821 bits per heavy atom. The summed E-state index contributed by atoms with van der Waals surface area (Å²) in [6.45, 7) is 3.79. The Labute approximate surface area is 174 Å². The quantitative estimate of drug-likeness (QED) is 0.343. The van der Waals surface area contributed by atoms with Crippen LogP contribution in [0.2, 0.25) is 5.02 Å². The highest BCUT2D eigenvalue weighted by molar-refractivity contribution is 6.30. The van der Waals surface area contributed by atoms with Crippen molar-refractivity contribution in [1.82, 2.24) is 4.90 Å². The first-order valence-corrected chi connectivity index (χ1v) is 11.2. The molecular formula is C25H32ClNO. The third-order valence-corrected chi connectivity index (χ3v) is 6.01. The van der Waals surface area contributed by atoms with Crippen molar-refractivity contribution in [3.8, 4) is 0 Å². The number of Topliss-reactive ketones (excluding diaryl/α,β-unsaturated/α-hetero) is 1. The average Bonchev–Trinajstić information content (AvgIpc) is 2.73. The standard InChI is InChI=1S/C25H32ClNO/c26-24-16-14-23(15-17-24)25(28)13-5-4-11-21-9-2-3-10-22(21)12-8-20-27-18-6-1-7-19-27/h2-3,9-10,14-17H,1,4-8,11-13,18-20H2. The molecule has 0 radical (unpaired) electrons. The molecular weight excluding hydrogens is 366 g/mol. The fraction of sp³-hybridized carbons (Fsp3) is 0.480. The number of unbranched alkanes of at least 4 members (excludes halogenated alkanes) is 1. The first-order chi connectivity index (χ1) is 13.7. The van der Waals surface area contributed by atoms with Gasteiger partial charge in [-0.1, -0.05) is 42.3 Å². The number of rotatable bonds is 10. The molecule has 28 heavy (non-hydrogen) atoms. The Morgan fingerprint density at radius 2 is 1.46 bits per heavy atom. The smallest absolute Gasteiger partial charge is 0.162 e. The lowest BCUT2D eigenvalue weighted by Gasteiger charge is -2.26. The number of aryl methyl sites for hydroxylation is 2. The molecule has 0 amide bonds. The highest BCUT2D eigenvalue weighted by Crippen LogP contribution is 2.17. The molecule has 150 valence electrons. The first-order valence-electron chi connectivity index (χ1n) is 10.8. The molecule has 0 aliphatic carbocycles. The predicted molar refractivity (Wildman–Crippen MR) is 118 cm³/mol. The second-order valence-corrected chi connectivity index (χ2v) is 8.35. The van der Waals surface area contributed by atoms with E-state index in [2.05, 4.69) is 29.2 Å². The van der Waals surface area contributed by atoms with Crippen molar-refractivity contribution in [1.29, 1.82) is 0 Å². The number of piperidine rings is 1. The van der Waals surface area contributed by atoms with Crippen molar-refractivity contribution in [2.45, 2.75) is 57.8 Å². The Hall–Kier alpha value is -1.64. The zero-order valence-electron chi connectivity index (χ0n) is 16.8. The number of carbonyl (C=O) groups excluding carboxylic acids is 1. The summed E-state index contributed by atoms with van der Waals surface area (Å²) in [5, 5.41) is 0.674. The maximum absolute atomic E-state index is 12.3. The summed E-state index contributed by atoms with van der Waals surface area (Å²) in [4.78, 5) is 14.9. The van der Waals surface area contributed by atoms with Crippen molar-refractivity contribution in [2.24, 2.45) is 0 Å². The number of hydrogen-bond donors (Lipinski definition) is 0. The second-order valence-electron chi connectivity index (χ2n) is 7.91.